The summed E-state index contributed by atoms with van der Waals surface area (Å²) in [7, 11) is 0. The minimum Gasteiger partial charge on any atom is -0.393 e. The van der Waals surface area contributed by atoms with Crippen molar-refractivity contribution in [2.24, 2.45) is 46.3 Å². The zero-order chi connectivity index (χ0) is 21.9. The van der Waals surface area contributed by atoms with E-state index in [0.717, 1.165) is 37.0 Å². The highest BCUT2D eigenvalue weighted by Crippen LogP contribution is 2.68. The molecule has 0 spiro atoms. The van der Waals surface area contributed by atoms with Crippen LogP contribution in [0.25, 0.3) is 0 Å². The molecule has 0 aliphatic heterocycles. The standard InChI is InChI=1S/C28H48O2/c1-18(2)8-7-9-19(3)22-10-11-23-25-24(13-15-27(22,23)5)26(4)14-12-21(29)16-20(26)17-28(25,6)30/h17-19,21-25,29-30H,7-16H2,1-6H3/t19-,21+,22-,23+,24+,25+,26+,27-,28?/m1/s1. The molecule has 2 nitrogen and oxygen atoms in total. The van der Waals surface area contributed by atoms with Gasteiger partial charge in [-0.05, 0) is 98.2 Å². The lowest BCUT2D eigenvalue weighted by atomic mass is 9.44. The van der Waals surface area contributed by atoms with Crippen LogP contribution in [0, 0.1) is 46.3 Å². The number of aliphatic hydroxyl groups is 2. The Morgan fingerprint density at radius 1 is 0.967 bits per heavy atom. The first kappa shape index (κ1) is 22.8. The Morgan fingerprint density at radius 3 is 2.40 bits per heavy atom. The van der Waals surface area contributed by atoms with E-state index in [2.05, 4.69) is 47.6 Å². The van der Waals surface area contributed by atoms with Crippen molar-refractivity contribution in [2.75, 3.05) is 0 Å². The van der Waals surface area contributed by atoms with Crippen molar-refractivity contribution in [1.29, 1.82) is 0 Å². The summed E-state index contributed by atoms with van der Waals surface area (Å²) in [5.74, 6) is 4.03. The van der Waals surface area contributed by atoms with Crippen LogP contribution < -0.4 is 0 Å². The Hall–Kier alpha value is -0.340. The molecule has 0 aromatic carbocycles. The first-order valence-corrected chi connectivity index (χ1v) is 13.1. The van der Waals surface area contributed by atoms with Crippen molar-refractivity contribution in [2.45, 2.75) is 117 Å². The molecule has 4 rings (SSSR count). The SMILES string of the molecule is CC(C)CCC[C@@H](C)[C@H]1CC[C@H]2[C@H]3[C@H](CC[C@]12C)[C@@]1(C)CC[C@H](O)CC1=CC3(C)O. The molecule has 3 saturated carbocycles. The third-order valence-electron chi connectivity index (χ3n) is 10.6. The van der Waals surface area contributed by atoms with Crippen LogP contribution in [0.5, 0.6) is 0 Å². The summed E-state index contributed by atoms with van der Waals surface area (Å²) in [6.45, 7) is 14.3. The maximum atomic E-state index is 11.7. The fourth-order valence-corrected chi connectivity index (χ4v) is 9.01. The van der Waals surface area contributed by atoms with Crippen LogP contribution in [-0.2, 0) is 0 Å². The van der Waals surface area contributed by atoms with Crippen LogP contribution in [-0.4, -0.2) is 21.9 Å². The lowest BCUT2D eigenvalue weighted by Gasteiger charge is -2.62. The van der Waals surface area contributed by atoms with E-state index < -0.39 is 5.60 Å². The highest BCUT2D eigenvalue weighted by Gasteiger charge is 2.63. The second-order valence-electron chi connectivity index (χ2n) is 13.0. The highest BCUT2D eigenvalue weighted by atomic mass is 16.3. The predicted octanol–water partition coefficient (Wildman–Crippen LogP) is 6.75. The van der Waals surface area contributed by atoms with E-state index in [1.54, 1.807) is 0 Å². The van der Waals surface area contributed by atoms with Crippen molar-refractivity contribution in [3.05, 3.63) is 11.6 Å². The molecule has 2 N–H and O–H groups in total. The molecule has 0 saturated heterocycles. The topological polar surface area (TPSA) is 40.5 Å². The zero-order valence-corrected chi connectivity index (χ0v) is 20.6. The lowest BCUT2D eigenvalue weighted by molar-refractivity contribution is -0.133. The molecule has 172 valence electrons. The Bertz CT molecular complexity index is 664. The summed E-state index contributed by atoms with van der Waals surface area (Å²) in [5, 5.41) is 22.0. The Balaban J connectivity index is 1.58. The van der Waals surface area contributed by atoms with Gasteiger partial charge in [-0.1, -0.05) is 65.5 Å². The van der Waals surface area contributed by atoms with Gasteiger partial charge in [0.25, 0.3) is 0 Å². The zero-order valence-electron chi connectivity index (χ0n) is 20.6. The van der Waals surface area contributed by atoms with E-state index in [1.165, 1.54) is 50.5 Å². The van der Waals surface area contributed by atoms with Gasteiger partial charge in [0, 0.05) is 0 Å². The minimum absolute atomic E-state index is 0.189. The normalized spacial score (nSPS) is 49.2. The van der Waals surface area contributed by atoms with Gasteiger partial charge in [0.15, 0.2) is 0 Å². The van der Waals surface area contributed by atoms with Gasteiger partial charge in [0.05, 0.1) is 11.7 Å². The fraction of sp³-hybridized carbons (Fsp3) is 0.929. The number of aliphatic hydroxyl groups excluding tert-OH is 1. The number of rotatable bonds is 5. The van der Waals surface area contributed by atoms with Crippen LogP contribution >= 0.6 is 0 Å². The van der Waals surface area contributed by atoms with E-state index >= 15 is 0 Å². The second-order valence-corrected chi connectivity index (χ2v) is 13.0. The quantitative estimate of drug-likeness (QED) is 0.487. The first-order valence-electron chi connectivity index (χ1n) is 13.1. The summed E-state index contributed by atoms with van der Waals surface area (Å²) in [6, 6.07) is 0. The molecule has 0 aromatic heterocycles. The van der Waals surface area contributed by atoms with Crippen molar-refractivity contribution in [1.82, 2.24) is 0 Å². The minimum atomic E-state index is -0.724. The smallest absolute Gasteiger partial charge is 0.0836 e. The van der Waals surface area contributed by atoms with Gasteiger partial charge in [0.2, 0.25) is 0 Å². The molecule has 4 aliphatic carbocycles. The number of hydrogen-bond donors (Lipinski definition) is 2. The van der Waals surface area contributed by atoms with E-state index in [4.69, 9.17) is 0 Å². The average Bonchev–Trinajstić information content (AvgIpc) is 2.99. The lowest BCUT2D eigenvalue weighted by Crippen LogP contribution is -2.58. The van der Waals surface area contributed by atoms with Gasteiger partial charge in [-0.15, -0.1) is 0 Å². The summed E-state index contributed by atoms with van der Waals surface area (Å²) >= 11 is 0. The number of hydrogen-bond acceptors (Lipinski definition) is 2. The van der Waals surface area contributed by atoms with E-state index in [0.29, 0.717) is 23.2 Å². The van der Waals surface area contributed by atoms with Gasteiger partial charge in [0.1, 0.15) is 0 Å². The highest BCUT2D eigenvalue weighted by molar-refractivity contribution is 5.31. The largest absolute Gasteiger partial charge is 0.393 e. The summed E-state index contributed by atoms with van der Waals surface area (Å²) in [5.41, 5.74) is 1.21. The molecule has 0 bridgehead atoms. The molecule has 0 radical (unpaired) electrons. The van der Waals surface area contributed by atoms with Gasteiger partial charge < -0.3 is 10.2 Å². The van der Waals surface area contributed by atoms with Crippen molar-refractivity contribution >= 4 is 0 Å². The van der Waals surface area contributed by atoms with Crippen molar-refractivity contribution in [3.8, 4) is 0 Å². The second kappa shape index (κ2) is 7.91. The van der Waals surface area contributed by atoms with Gasteiger partial charge in [-0.3, -0.25) is 0 Å². The average molecular weight is 417 g/mol. The van der Waals surface area contributed by atoms with Crippen LogP contribution in [0.4, 0.5) is 0 Å². The Kier molecular flexibility index (Phi) is 6.02. The molecule has 3 fully saturated rings. The molecular weight excluding hydrogens is 368 g/mol. The summed E-state index contributed by atoms with van der Waals surface area (Å²) in [6.07, 6.45) is 14.1. The maximum absolute atomic E-state index is 11.7. The van der Waals surface area contributed by atoms with Crippen LogP contribution in [0.3, 0.4) is 0 Å². The summed E-state index contributed by atoms with van der Waals surface area (Å²) < 4.78 is 0. The van der Waals surface area contributed by atoms with Gasteiger partial charge in [-0.25, -0.2) is 0 Å². The predicted molar refractivity (Wildman–Crippen MR) is 125 cm³/mol. The first-order chi connectivity index (χ1) is 14.0. The molecular formula is C28H48O2. The molecule has 9 atom stereocenters. The number of fused-ring (bicyclic) bond motifs is 5. The van der Waals surface area contributed by atoms with E-state index in [-0.39, 0.29) is 11.5 Å². The van der Waals surface area contributed by atoms with Crippen LogP contribution in [0.15, 0.2) is 11.6 Å². The third kappa shape index (κ3) is 3.62. The molecule has 1 unspecified atom stereocenters. The van der Waals surface area contributed by atoms with Gasteiger partial charge >= 0.3 is 0 Å². The van der Waals surface area contributed by atoms with E-state index in [9.17, 15) is 10.2 Å². The van der Waals surface area contributed by atoms with Crippen molar-refractivity contribution < 1.29 is 10.2 Å². The molecule has 0 aromatic rings. The van der Waals surface area contributed by atoms with E-state index in [1.807, 2.05) is 0 Å². The van der Waals surface area contributed by atoms with Crippen molar-refractivity contribution in [3.63, 3.8) is 0 Å². The third-order valence-corrected chi connectivity index (χ3v) is 10.6. The molecule has 2 heteroatoms. The Morgan fingerprint density at radius 2 is 1.70 bits per heavy atom. The van der Waals surface area contributed by atoms with Gasteiger partial charge in [-0.2, -0.15) is 0 Å². The van der Waals surface area contributed by atoms with Crippen LogP contribution in [0.2, 0.25) is 0 Å². The fourth-order valence-electron chi connectivity index (χ4n) is 9.01. The monoisotopic (exact) mass is 416 g/mol. The molecule has 0 amide bonds. The molecule has 30 heavy (non-hydrogen) atoms. The molecule has 4 aliphatic rings. The Labute approximate surface area is 185 Å². The molecule has 0 heterocycles. The summed E-state index contributed by atoms with van der Waals surface area (Å²) in [4.78, 5) is 0. The van der Waals surface area contributed by atoms with Crippen LogP contribution in [0.1, 0.15) is 106 Å². The maximum Gasteiger partial charge on any atom is 0.0836 e.